The van der Waals surface area contributed by atoms with E-state index < -0.39 is 5.92 Å². The average Bonchev–Trinajstić information content (AvgIpc) is 3.09. The van der Waals surface area contributed by atoms with Crippen molar-refractivity contribution in [3.05, 3.63) is 54.1 Å². The molecule has 0 aromatic heterocycles. The maximum atomic E-state index is 12.7. The topological polar surface area (TPSA) is 87.7 Å². The Balaban J connectivity index is 1.59. The predicted molar refractivity (Wildman–Crippen MR) is 111 cm³/mol. The molecule has 1 unspecified atom stereocenters. The van der Waals surface area contributed by atoms with E-state index in [0.717, 1.165) is 11.3 Å². The van der Waals surface area contributed by atoms with Gasteiger partial charge in [0.1, 0.15) is 5.75 Å². The van der Waals surface area contributed by atoms with Gasteiger partial charge in [-0.1, -0.05) is 23.8 Å². The number of ether oxygens (including phenoxy) is 1. The Morgan fingerprint density at radius 1 is 1.17 bits per heavy atom. The summed E-state index contributed by atoms with van der Waals surface area (Å²) in [4.78, 5) is 38.2. The Morgan fingerprint density at radius 2 is 1.93 bits per heavy atom. The van der Waals surface area contributed by atoms with Crippen LogP contribution >= 0.6 is 0 Å². The summed E-state index contributed by atoms with van der Waals surface area (Å²) < 4.78 is 5.44. The van der Waals surface area contributed by atoms with E-state index in [1.807, 2.05) is 38.1 Å². The maximum absolute atomic E-state index is 12.7. The van der Waals surface area contributed by atoms with Gasteiger partial charge in [0.2, 0.25) is 11.8 Å². The highest BCUT2D eigenvalue weighted by Crippen LogP contribution is 2.27. The Hall–Kier alpha value is -3.35. The van der Waals surface area contributed by atoms with E-state index in [-0.39, 0.29) is 30.7 Å². The molecule has 29 heavy (non-hydrogen) atoms. The normalized spacial score (nSPS) is 15.9. The zero-order valence-corrected chi connectivity index (χ0v) is 16.6. The molecule has 3 rings (SSSR count). The molecule has 7 nitrogen and oxygen atoms in total. The van der Waals surface area contributed by atoms with Gasteiger partial charge in [-0.25, -0.2) is 0 Å². The molecule has 1 atom stereocenters. The molecule has 152 valence electrons. The van der Waals surface area contributed by atoms with Crippen molar-refractivity contribution in [1.82, 2.24) is 5.32 Å². The number of aryl methyl sites for hydroxylation is 1. The molecule has 2 N–H and O–H groups in total. The molecule has 3 amide bonds. The molecule has 1 aliphatic rings. The first-order valence-electron chi connectivity index (χ1n) is 9.63. The number of anilines is 2. The minimum Gasteiger partial charge on any atom is -0.484 e. The third-order valence-corrected chi connectivity index (χ3v) is 4.69. The maximum Gasteiger partial charge on any atom is 0.257 e. The van der Waals surface area contributed by atoms with E-state index in [4.69, 9.17) is 4.74 Å². The second-order valence-electron chi connectivity index (χ2n) is 7.00. The largest absolute Gasteiger partial charge is 0.484 e. The van der Waals surface area contributed by atoms with E-state index in [2.05, 4.69) is 10.6 Å². The molecule has 1 heterocycles. The van der Waals surface area contributed by atoms with Gasteiger partial charge in [-0.05, 0) is 38.1 Å². The van der Waals surface area contributed by atoms with Crippen LogP contribution in [0.1, 0.15) is 18.9 Å². The van der Waals surface area contributed by atoms with Crippen LogP contribution in [0.5, 0.6) is 5.75 Å². The molecule has 0 bridgehead atoms. The van der Waals surface area contributed by atoms with Crippen molar-refractivity contribution < 1.29 is 19.1 Å². The number of amides is 3. The lowest BCUT2D eigenvalue weighted by molar-refractivity contribution is -0.123. The molecule has 0 radical (unpaired) electrons. The Labute approximate surface area is 170 Å². The number of likely N-dealkylation sites (N-methyl/N-ethyl adjacent to an activating group) is 1. The van der Waals surface area contributed by atoms with Gasteiger partial charge in [0.15, 0.2) is 6.61 Å². The second-order valence-corrected chi connectivity index (χ2v) is 7.00. The lowest BCUT2D eigenvalue weighted by atomic mass is 10.1. The molecule has 0 aliphatic carbocycles. The fraction of sp³-hybridized carbons (Fsp3) is 0.318. The highest BCUT2D eigenvalue weighted by molar-refractivity contribution is 6.03. The summed E-state index contributed by atoms with van der Waals surface area (Å²) >= 11 is 0. The zero-order chi connectivity index (χ0) is 20.8. The summed E-state index contributed by atoms with van der Waals surface area (Å²) in [6, 6.07) is 14.5. The molecule has 1 fully saturated rings. The smallest absolute Gasteiger partial charge is 0.257 e. The zero-order valence-electron chi connectivity index (χ0n) is 16.6. The van der Waals surface area contributed by atoms with Crippen molar-refractivity contribution in [3.63, 3.8) is 0 Å². The van der Waals surface area contributed by atoms with Crippen LogP contribution in [0.3, 0.4) is 0 Å². The average molecular weight is 395 g/mol. The quantitative estimate of drug-likeness (QED) is 0.754. The van der Waals surface area contributed by atoms with E-state index in [0.29, 0.717) is 24.5 Å². The minimum atomic E-state index is -0.427. The minimum absolute atomic E-state index is 0.0620. The molecular formula is C22H25N3O4. The van der Waals surface area contributed by atoms with Gasteiger partial charge in [0.25, 0.3) is 5.91 Å². The summed E-state index contributed by atoms with van der Waals surface area (Å²) in [5, 5.41) is 5.49. The van der Waals surface area contributed by atoms with Crippen molar-refractivity contribution in [2.24, 2.45) is 5.92 Å². The molecule has 7 heteroatoms. The van der Waals surface area contributed by atoms with Crippen LogP contribution in [0.25, 0.3) is 0 Å². The van der Waals surface area contributed by atoms with Crippen molar-refractivity contribution in [2.75, 3.05) is 29.9 Å². The highest BCUT2D eigenvalue weighted by atomic mass is 16.5. The first-order chi connectivity index (χ1) is 14.0. The Morgan fingerprint density at radius 3 is 2.66 bits per heavy atom. The summed E-state index contributed by atoms with van der Waals surface area (Å²) in [6.45, 7) is 4.62. The molecule has 1 saturated heterocycles. The molecule has 0 spiro atoms. The molecule has 1 aliphatic heterocycles. The predicted octanol–water partition coefficient (Wildman–Crippen LogP) is 2.50. The van der Waals surface area contributed by atoms with Crippen LogP contribution < -0.4 is 20.3 Å². The number of hydrogen-bond acceptors (Lipinski definition) is 4. The van der Waals surface area contributed by atoms with Gasteiger partial charge < -0.3 is 20.3 Å². The fourth-order valence-corrected chi connectivity index (χ4v) is 3.16. The van der Waals surface area contributed by atoms with Gasteiger partial charge in [-0.15, -0.1) is 0 Å². The number of rotatable bonds is 7. The van der Waals surface area contributed by atoms with Crippen LogP contribution in [0.15, 0.2) is 48.5 Å². The summed E-state index contributed by atoms with van der Waals surface area (Å²) in [6.07, 6.45) is 0.174. The standard InChI is InChI=1S/C22H25N3O4/c1-3-23-20(26)14-29-19-6-4-5-17(12-19)24-22(28)16-11-21(27)25(13-16)18-9-7-15(2)8-10-18/h4-10,12,16H,3,11,13-14H2,1-2H3,(H,23,26)(H,24,28). The molecular weight excluding hydrogens is 370 g/mol. The highest BCUT2D eigenvalue weighted by Gasteiger charge is 2.35. The number of hydrogen-bond donors (Lipinski definition) is 2. The first-order valence-corrected chi connectivity index (χ1v) is 9.63. The lowest BCUT2D eigenvalue weighted by Gasteiger charge is -2.17. The van der Waals surface area contributed by atoms with Crippen molar-refractivity contribution in [3.8, 4) is 5.75 Å². The molecule has 2 aromatic rings. The molecule has 0 saturated carbocycles. The van der Waals surface area contributed by atoms with Gasteiger partial charge in [0.05, 0.1) is 5.92 Å². The van der Waals surface area contributed by atoms with Gasteiger partial charge in [-0.3, -0.25) is 14.4 Å². The van der Waals surface area contributed by atoms with Crippen molar-refractivity contribution in [1.29, 1.82) is 0 Å². The second kappa shape index (κ2) is 9.23. The van der Waals surface area contributed by atoms with Gasteiger partial charge in [0, 0.05) is 37.0 Å². The fourth-order valence-electron chi connectivity index (χ4n) is 3.16. The van der Waals surface area contributed by atoms with Crippen molar-refractivity contribution in [2.45, 2.75) is 20.3 Å². The summed E-state index contributed by atoms with van der Waals surface area (Å²) in [7, 11) is 0. The Bertz CT molecular complexity index is 895. The number of benzene rings is 2. The van der Waals surface area contributed by atoms with E-state index in [1.165, 1.54) is 0 Å². The van der Waals surface area contributed by atoms with E-state index in [1.54, 1.807) is 29.2 Å². The summed E-state index contributed by atoms with van der Waals surface area (Å²) in [5.74, 6) is -0.425. The third kappa shape index (κ3) is 5.34. The number of carbonyl (C=O) groups excluding carboxylic acids is 3. The third-order valence-electron chi connectivity index (χ3n) is 4.69. The molecule has 2 aromatic carbocycles. The number of nitrogens with one attached hydrogen (secondary N) is 2. The van der Waals surface area contributed by atoms with Crippen LogP contribution in [-0.4, -0.2) is 37.4 Å². The van der Waals surface area contributed by atoms with Crippen LogP contribution in [-0.2, 0) is 14.4 Å². The first kappa shape index (κ1) is 20.4. The van der Waals surface area contributed by atoms with Gasteiger partial charge in [-0.2, -0.15) is 0 Å². The van der Waals surface area contributed by atoms with E-state index in [9.17, 15) is 14.4 Å². The number of carbonyl (C=O) groups is 3. The Kier molecular flexibility index (Phi) is 6.49. The number of nitrogens with zero attached hydrogens (tertiary/aromatic N) is 1. The van der Waals surface area contributed by atoms with Crippen molar-refractivity contribution >= 4 is 29.1 Å². The van der Waals surface area contributed by atoms with E-state index >= 15 is 0 Å². The van der Waals surface area contributed by atoms with Gasteiger partial charge >= 0.3 is 0 Å². The van der Waals surface area contributed by atoms with Crippen LogP contribution in [0.2, 0.25) is 0 Å². The van der Waals surface area contributed by atoms with Crippen LogP contribution in [0.4, 0.5) is 11.4 Å². The lowest BCUT2D eigenvalue weighted by Crippen LogP contribution is -2.28. The van der Waals surface area contributed by atoms with Crippen LogP contribution in [0, 0.1) is 12.8 Å². The summed E-state index contributed by atoms with van der Waals surface area (Å²) in [5.41, 5.74) is 2.48. The monoisotopic (exact) mass is 395 g/mol. The SMILES string of the molecule is CCNC(=O)COc1cccc(NC(=O)C2CC(=O)N(c3ccc(C)cc3)C2)c1.